The van der Waals surface area contributed by atoms with Gasteiger partial charge < -0.3 is 14.8 Å². The van der Waals surface area contributed by atoms with Gasteiger partial charge in [-0.15, -0.1) is 0 Å². The molecule has 152 valence electrons. The Morgan fingerprint density at radius 3 is 2.32 bits per heavy atom. The molecule has 1 N–H and O–H groups in total. The van der Waals surface area contributed by atoms with E-state index >= 15 is 0 Å². The lowest BCUT2D eigenvalue weighted by Crippen LogP contribution is -2.31. The molecule has 0 aliphatic rings. The Morgan fingerprint density at radius 1 is 1.11 bits per heavy atom. The Bertz CT molecular complexity index is 912. The lowest BCUT2D eigenvalue weighted by molar-refractivity contribution is -0.118. The molecule has 0 unspecified atom stereocenters. The number of amides is 1. The number of rotatable bonds is 9. The Labute approximate surface area is 170 Å². The first-order chi connectivity index (χ1) is 13.3. The number of carbonyl (C=O) groups excluding carboxylic acids is 1. The Hall–Kier alpha value is -2.29. The Morgan fingerprint density at radius 2 is 1.75 bits per heavy atom. The van der Waals surface area contributed by atoms with Crippen molar-refractivity contribution >= 4 is 33.2 Å². The summed E-state index contributed by atoms with van der Waals surface area (Å²) in [6, 6.07) is 11.1. The number of sulfonamides is 1. The van der Waals surface area contributed by atoms with Crippen molar-refractivity contribution in [2.75, 3.05) is 32.1 Å². The van der Waals surface area contributed by atoms with Gasteiger partial charge in [0.2, 0.25) is 10.0 Å². The van der Waals surface area contributed by atoms with Crippen molar-refractivity contribution in [1.82, 2.24) is 4.31 Å². The quantitative estimate of drug-likeness (QED) is 0.664. The van der Waals surface area contributed by atoms with E-state index in [1.165, 1.54) is 22.5 Å². The SMILES string of the molecule is CCN(CC)S(=O)(=O)c1cc(Cl)ccc1OCC(=O)Nc1ccc(OC)cc1. The molecule has 0 atom stereocenters. The minimum atomic E-state index is -3.79. The van der Waals surface area contributed by atoms with Gasteiger partial charge in [0, 0.05) is 23.8 Å². The molecule has 0 saturated heterocycles. The van der Waals surface area contributed by atoms with E-state index in [1.807, 2.05) is 0 Å². The molecular weight excluding hydrogens is 404 g/mol. The van der Waals surface area contributed by atoms with Gasteiger partial charge in [-0.2, -0.15) is 4.31 Å². The van der Waals surface area contributed by atoms with Crippen LogP contribution in [0.5, 0.6) is 11.5 Å². The number of nitrogens with zero attached hydrogens (tertiary/aromatic N) is 1. The van der Waals surface area contributed by atoms with E-state index in [2.05, 4.69) is 5.32 Å². The third-order valence-corrected chi connectivity index (χ3v) is 6.27. The number of nitrogens with one attached hydrogen (secondary N) is 1. The zero-order valence-electron chi connectivity index (χ0n) is 15.9. The zero-order chi connectivity index (χ0) is 20.7. The molecule has 0 aliphatic carbocycles. The third kappa shape index (κ3) is 5.37. The van der Waals surface area contributed by atoms with E-state index in [9.17, 15) is 13.2 Å². The molecule has 0 bridgehead atoms. The van der Waals surface area contributed by atoms with Crippen molar-refractivity contribution in [2.24, 2.45) is 0 Å². The van der Waals surface area contributed by atoms with Crippen LogP contribution in [-0.4, -0.2) is 45.4 Å². The lowest BCUT2D eigenvalue weighted by Gasteiger charge is -2.20. The second-order valence-corrected chi connectivity index (χ2v) is 8.09. The maximum Gasteiger partial charge on any atom is 0.262 e. The van der Waals surface area contributed by atoms with Crippen molar-refractivity contribution in [1.29, 1.82) is 0 Å². The summed E-state index contributed by atoms with van der Waals surface area (Å²) in [6.07, 6.45) is 0. The highest BCUT2D eigenvalue weighted by Gasteiger charge is 2.26. The van der Waals surface area contributed by atoms with E-state index < -0.39 is 15.9 Å². The standard InChI is InChI=1S/C19H23ClN2O5S/c1-4-22(5-2)28(24,25)18-12-14(20)6-11-17(18)27-13-19(23)21-15-7-9-16(26-3)10-8-15/h6-12H,4-5,13H2,1-3H3,(H,21,23). The van der Waals surface area contributed by atoms with E-state index in [-0.39, 0.29) is 22.3 Å². The largest absolute Gasteiger partial charge is 0.497 e. The highest BCUT2D eigenvalue weighted by atomic mass is 35.5. The molecule has 0 heterocycles. The first-order valence-corrected chi connectivity index (χ1v) is 10.5. The van der Waals surface area contributed by atoms with Crippen LogP contribution in [0.15, 0.2) is 47.4 Å². The number of hydrogen-bond donors (Lipinski definition) is 1. The molecule has 0 aliphatic heterocycles. The van der Waals surface area contributed by atoms with Gasteiger partial charge in [0.1, 0.15) is 16.4 Å². The number of anilines is 1. The monoisotopic (exact) mass is 426 g/mol. The molecule has 1 amide bonds. The molecule has 0 spiro atoms. The molecule has 28 heavy (non-hydrogen) atoms. The number of halogens is 1. The molecule has 0 aromatic heterocycles. The second-order valence-electron chi connectivity index (χ2n) is 5.75. The highest BCUT2D eigenvalue weighted by Crippen LogP contribution is 2.30. The van der Waals surface area contributed by atoms with Crippen LogP contribution < -0.4 is 14.8 Å². The van der Waals surface area contributed by atoms with Gasteiger partial charge >= 0.3 is 0 Å². The molecule has 2 aromatic rings. The minimum Gasteiger partial charge on any atom is -0.497 e. The van der Waals surface area contributed by atoms with Gasteiger partial charge in [0.15, 0.2) is 6.61 Å². The summed E-state index contributed by atoms with van der Waals surface area (Å²) in [4.78, 5) is 12.1. The van der Waals surface area contributed by atoms with Crippen molar-refractivity contribution < 1.29 is 22.7 Å². The fraction of sp³-hybridized carbons (Fsp3) is 0.316. The highest BCUT2D eigenvalue weighted by molar-refractivity contribution is 7.89. The average molecular weight is 427 g/mol. The first kappa shape index (κ1) is 22.0. The number of hydrogen-bond acceptors (Lipinski definition) is 5. The van der Waals surface area contributed by atoms with Crippen molar-refractivity contribution in [2.45, 2.75) is 18.7 Å². The summed E-state index contributed by atoms with van der Waals surface area (Å²) in [5, 5.41) is 2.94. The zero-order valence-corrected chi connectivity index (χ0v) is 17.5. The summed E-state index contributed by atoms with van der Waals surface area (Å²) < 4.78 is 37.5. The predicted octanol–water partition coefficient (Wildman–Crippen LogP) is 3.40. The van der Waals surface area contributed by atoms with Gasteiger partial charge in [-0.3, -0.25) is 4.79 Å². The summed E-state index contributed by atoms with van der Waals surface area (Å²) in [5.74, 6) is 0.314. The van der Waals surface area contributed by atoms with Crippen LogP contribution in [0.2, 0.25) is 5.02 Å². The molecule has 9 heteroatoms. The Balaban J connectivity index is 2.14. The van der Waals surface area contributed by atoms with Crippen molar-refractivity contribution in [3.63, 3.8) is 0 Å². The molecule has 0 radical (unpaired) electrons. The van der Waals surface area contributed by atoms with E-state index in [0.717, 1.165) is 0 Å². The summed E-state index contributed by atoms with van der Waals surface area (Å²) >= 11 is 5.98. The maximum atomic E-state index is 12.8. The molecule has 2 rings (SSSR count). The van der Waals surface area contributed by atoms with Crippen molar-refractivity contribution in [3.05, 3.63) is 47.5 Å². The van der Waals surface area contributed by atoms with Crippen LogP contribution in [0.3, 0.4) is 0 Å². The first-order valence-electron chi connectivity index (χ1n) is 8.68. The van der Waals surface area contributed by atoms with E-state index in [0.29, 0.717) is 24.5 Å². The topological polar surface area (TPSA) is 84.9 Å². The van der Waals surface area contributed by atoms with Crippen LogP contribution in [0.1, 0.15) is 13.8 Å². The molecular formula is C19H23ClN2O5S. The fourth-order valence-corrected chi connectivity index (χ4v) is 4.37. The molecule has 0 saturated carbocycles. The molecule has 2 aromatic carbocycles. The number of ether oxygens (including phenoxy) is 2. The van der Waals surface area contributed by atoms with E-state index in [4.69, 9.17) is 21.1 Å². The van der Waals surface area contributed by atoms with Crippen LogP contribution in [-0.2, 0) is 14.8 Å². The maximum absolute atomic E-state index is 12.8. The normalized spacial score (nSPS) is 11.3. The smallest absolute Gasteiger partial charge is 0.262 e. The summed E-state index contributed by atoms with van der Waals surface area (Å²) in [7, 11) is -2.24. The van der Waals surface area contributed by atoms with Crippen LogP contribution in [0, 0.1) is 0 Å². The predicted molar refractivity (Wildman–Crippen MR) is 109 cm³/mol. The van der Waals surface area contributed by atoms with Gasteiger partial charge in [-0.1, -0.05) is 25.4 Å². The molecule has 0 fully saturated rings. The van der Waals surface area contributed by atoms with Crippen LogP contribution >= 0.6 is 11.6 Å². The minimum absolute atomic E-state index is 0.0686. The Kier molecular flexibility index (Phi) is 7.68. The third-order valence-electron chi connectivity index (χ3n) is 3.96. The number of benzene rings is 2. The second kappa shape index (κ2) is 9.77. The van der Waals surface area contributed by atoms with Gasteiger partial charge in [0.05, 0.1) is 7.11 Å². The summed E-state index contributed by atoms with van der Waals surface area (Å²) in [6.45, 7) is 3.75. The van der Waals surface area contributed by atoms with Gasteiger partial charge in [-0.05, 0) is 42.5 Å². The van der Waals surface area contributed by atoms with E-state index in [1.54, 1.807) is 45.2 Å². The number of carbonyl (C=O) groups is 1. The summed E-state index contributed by atoms with van der Waals surface area (Å²) in [5.41, 5.74) is 0.571. The number of methoxy groups -OCH3 is 1. The van der Waals surface area contributed by atoms with Crippen LogP contribution in [0.25, 0.3) is 0 Å². The van der Waals surface area contributed by atoms with Crippen LogP contribution in [0.4, 0.5) is 5.69 Å². The van der Waals surface area contributed by atoms with Gasteiger partial charge in [-0.25, -0.2) is 8.42 Å². The lowest BCUT2D eigenvalue weighted by atomic mass is 10.3. The van der Waals surface area contributed by atoms with Gasteiger partial charge in [0.25, 0.3) is 5.91 Å². The average Bonchev–Trinajstić information content (AvgIpc) is 2.68. The molecule has 7 nitrogen and oxygen atoms in total. The fourth-order valence-electron chi connectivity index (χ4n) is 2.52. The van der Waals surface area contributed by atoms with Crippen molar-refractivity contribution in [3.8, 4) is 11.5 Å².